The van der Waals surface area contributed by atoms with Crippen LogP contribution in [-0.4, -0.2) is 32.4 Å². The first kappa shape index (κ1) is 13.6. The van der Waals surface area contributed by atoms with Gasteiger partial charge in [0, 0.05) is 18.4 Å². The first-order valence-corrected chi connectivity index (χ1v) is 6.99. The van der Waals surface area contributed by atoms with Crippen molar-refractivity contribution < 1.29 is 14.7 Å². The maximum atomic E-state index is 12.3. The molecule has 2 N–H and O–H groups in total. The zero-order valence-electron chi connectivity index (χ0n) is 11.7. The topological polar surface area (TPSA) is 83.7 Å². The third-order valence-electron chi connectivity index (χ3n) is 4.35. The lowest BCUT2D eigenvalue weighted by Crippen LogP contribution is -2.47. The van der Waals surface area contributed by atoms with Crippen molar-refractivity contribution in [2.24, 2.45) is 5.41 Å². The molecular formula is C15H17N3O3. The van der Waals surface area contributed by atoms with Gasteiger partial charge in [0.1, 0.15) is 11.3 Å². The van der Waals surface area contributed by atoms with E-state index in [4.69, 9.17) is 0 Å². The molecule has 1 aliphatic rings. The average Bonchev–Trinajstić information content (AvgIpc) is 3.04. The number of imidazole rings is 1. The van der Waals surface area contributed by atoms with Gasteiger partial charge in [-0.15, -0.1) is 0 Å². The third-order valence-corrected chi connectivity index (χ3v) is 4.35. The number of rotatable bonds is 3. The van der Waals surface area contributed by atoms with Gasteiger partial charge in [-0.2, -0.15) is 0 Å². The van der Waals surface area contributed by atoms with Crippen molar-refractivity contribution in [3.63, 3.8) is 0 Å². The molecule has 2 atom stereocenters. The summed E-state index contributed by atoms with van der Waals surface area (Å²) in [6, 6.07) is 5.16. The van der Waals surface area contributed by atoms with Gasteiger partial charge in [0.15, 0.2) is 0 Å². The molecular weight excluding hydrogens is 270 g/mol. The largest absolute Gasteiger partial charge is 0.481 e. The fourth-order valence-corrected chi connectivity index (χ4v) is 2.93. The van der Waals surface area contributed by atoms with Gasteiger partial charge in [0.05, 0.1) is 5.41 Å². The second-order valence-electron chi connectivity index (χ2n) is 5.73. The van der Waals surface area contributed by atoms with Crippen molar-refractivity contribution in [2.45, 2.75) is 32.2 Å². The van der Waals surface area contributed by atoms with E-state index in [1.807, 2.05) is 24.4 Å². The molecule has 0 spiro atoms. The molecule has 1 amide bonds. The quantitative estimate of drug-likeness (QED) is 0.900. The second-order valence-corrected chi connectivity index (χ2v) is 5.73. The Balaban J connectivity index is 1.81. The highest BCUT2D eigenvalue weighted by molar-refractivity contribution is 5.93. The van der Waals surface area contributed by atoms with Crippen LogP contribution >= 0.6 is 0 Å². The van der Waals surface area contributed by atoms with Crippen LogP contribution in [0.15, 0.2) is 30.6 Å². The summed E-state index contributed by atoms with van der Waals surface area (Å²) >= 11 is 0. The van der Waals surface area contributed by atoms with Crippen LogP contribution < -0.4 is 5.32 Å². The molecule has 1 fully saturated rings. The number of aliphatic carboxylic acids is 1. The van der Waals surface area contributed by atoms with Crippen LogP contribution in [0.5, 0.6) is 0 Å². The molecule has 6 nitrogen and oxygen atoms in total. The lowest BCUT2D eigenvalue weighted by atomic mass is 9.85. The highest BCUT2D eigenvalue weighted by Crippen LogP contribution is 2.38. The van der Waals surface area contributed by atoms with E-state index in [2.05, 4.69) is 10.3 Å². The molecule has 3 rings (SSSR count). The van der Waals surface area contributed by atoms with E-state index in [9.17, 15) is 14.7 Å². The van der Waals surface area contributed by atoms with Crippen LogP contribution in [-0.2, 0) is 4.79 Å². The van der Waals surface area contributed by atoms with Gasteiger partial charge in [-0.1, -0.05) is 12.5 Å². The van der Waals surface area contributed by atoms with E-state index in [0.717, 1.165) is 6.42 Å². The summed E-state index contributed by atoms with van der Waals surface area (Å²) in [4.78, 5) is 28.0. The monoisotopic (exact) mass is 287 g/mol. The van der Waals surface area contributed by atoms with Crippen LogP contribution in [0.25, 0.3) is 5.65 Å². The summed E-state index contributed by atoms with van der Waals surface area (Å²) in [5.74, 6) is -1.18. The number of nitrogens with zero attached hydrogens (tertiary/aromatic N) is 2. The van der Waals surface area contributed by atoms with Crippen molar-refractivity contribution in [2.75, 3.05) is 0 Å². The van der Waals surface area contributed by atoms with Crippen LogP contribution in [0.3, 0.4) is 0 Å². The smallest absolute Gasteiger partial charge is 0.311 e. The van der Waals surface area contributed by atoms with Crippen LogP contribution in [0, 0.1) is 5.41 Å². The molecule has 2 unspecified atom stereocenters. The van der Waals surface area contributed by atoms with Crippen molar-refractivity contribution >= 4 is 17.5 Å². The maximum absolute atomic E-state index is 12.3. The van der Waals surface area contributed by atoms with E-state index < -0.39 is 11.4 Å². The normalized spacial score (nSPS) is 25.1. The number of carboxylic acids is 1. The van der Waals surface area contributed by atoms with Gasteiger partial charge in [-0.25, -0.2) is 4.98 Å². The van der Waals surface area contributed by atoms with Gasteiger partial charge < -0.3 is 14.8 Å². The summed E-state index contributed by atoms with van der Waals surface area (Å²) < 4.78 is 1.76. The van der Waals surface area contributed by atoms with Crippen molar-refractivity contribution in [1.82, 2.24) is 14.7 Å². The Morgan fingerprint density at radius 3 is 3.00 bits per heavy atom. The SMILES string of the molecule is CC1(C(=O)O)CCCC1NC(=O)c1cn2ccccc2n1. The van der Waals surface area contributed by atoms with E-state index in [-0.39, 0.29) is 11.9 Å². The fourth-order valence-electron chi connectivity index (χ4n) is 2.93. The Morgan fingerprint density at radius 2 is 2.29 bits per heavy atom. The summed E-state index contributed by atoms with van der Waals surface area (Å²) in [5.41, 5.74) is 0.102. The average molecular weight is 287 g/mol. The Kier molecular flexibility index (Phi) is 3.16. The number of fused-ring (bicyclic) bond motifs is 1. The fraction of sp³-hybridized carbons (Fsp3) is 0.400. The number of carbonyl (C=O) groups is 2. The van der Waals surface area contributed by atoms with Gasteiger partial charge >= 0.3 is 5.97 Å². The molecule has 110 valence electrons. The number of hydrogen-bond acceptors (Lipinski definition) is 3. The third kappa shape index (κ3) is 2.26. The molecule has 0 bridgehead atoms. The predicted molar refractivity (Wildman–Crippen MR) is 76.0 cm³/mol. The van der Waals surface area contributed by atoms with Crippen LogP contribution in [0.2, 0.25) is 0 Å². The van der Waals surface area contributed by atoms with Crippen molar-refractivity contribution in [3.05, 3.63) is 36.3 Å². The summed E-state index contributed by atoms with van der Waals surface area (Å²) in [7, 11) is 0. The number of carboxylic acid groups (broad SMARTS) is 1. The molecule has 6 heteroatoms. The Hall–Kier alpha value is -2.37. The number of hydrogen-bond donors (Lipinski definition) is 2. The Morgan fingerprint density at radius 1 is 1.48 bits per heavy atom. The summed E-state index contributed by atoms with van der Waals surface area (Å²) in [5, 5.41) is 12.2. The van der Waals surface area contributed by atoms with E-state index >= 15 is 0 Å². The molecule has 1 aliphatic carbocycles. The Labute approximate surface area is 121 Å². The lowest BCUT2D eigenvalue weighted by Gasteiger charge is -2.27. The number of carbonyl (C=O) groups excluding carboxylic acids is 1. The lowest BCUT2D eigenvalue weighted by molar-refractivity contribution is -0.148. The summed E-state index contributed by atoms with van der Waals surface area (Å²) in [6.45, 7) is 1.69. The molecule has 2 aromatic rings. The minimum absolute atomic E-state index is 0.306. The molecule has 1 saturated carbocycles. The number of amides is 1. The van der Waals surface area contributed by atoms with Crippen LogP contribution in [0.4, 0.5) is 0 Å². The molecule has 2 heterocycles. The van der Waals surface area contributed by atoms with Gasteiger partial charge in [0.25, 0.3) is 5.91 Å². The highest BCUT2D eigenvalue weighted by Gasteiger charge is 2.46. The molecule has 2 aromatic heterocycles. The molecule has 0 aromatic carbocycles. The Bertz CT molecular complexity index is 676. The predicted octanol–water partition coefficient (Wildman–Crippen LogP) is 1.71. The molecule has 0 saturated heterocycles. The van der Waals surface area contributed by atoms with Crippen molar-refractivity contribution in [3.8, 4) is 0 Å². The number of pyridine rings is 1. The maximum Gasteiger partial charge on any atom is 0.311 e. The zero-order valence-corrected chi connectivity index (χ0v) is 11.7. The standard InChI is InChI=1S/C15H17N3O3/c1-15(14(20)21)7-4-5-11(15)17-13(19)10-9-18-8-3-2-6-12(18)16-10/h2-3,6,8-9,11H,4-5,7H2,1H3,(H,17,19)(H,20,21). The van der Waals surface area contributed by atoms with E-state index in [1.54, 1.807) is 17.5 Å². The van der Waals surface area contributed by atoms with E-state index in [1.165, 1.54) is 0 Å². The minimum atomic E-state index is -0.894. The molecule has 0 aliphatic heterocycles. The van der Waals surface area contributed by atoms with Gasteiger partial charge in [-0.3, -0.25) is 9.59 Å². The van der Waals surface area contributed by atoms with E-state index in [0.29, 0.717) is 24.2 Å². The molecule has 21 heavy (non-hydrogen) atoms. The first-order chi connectivity index (χ1) is 10.0. The second kappa shape index (κ2) is 4.87. The van der Waals surface area contributed by atoms with Gasteiger partial charge in [0.2, 0.25) is 0 Å². The van der Waals surface area contributed by atoms with Crippen LogP contribution in [0.1, 0.15) is 36.7 Å². The van der Waals surface area contributed by atoms with Gasteiger partial charge in [-0.05, 0) is 31.9 Å². The zero-order chi connectivity index (χ0) is 15.0. The minimum Gasteiger partial charge on any atom is -0.481 e. The number of nitrogens with one attached hydrogen (secondary N) is 1. The highest BCUT2D eigenvalue weighted by atomic mass is 16.4. The number of aromatic nitrogens is 2. The van der Waals surface area contributed by atoms with Crippen molar-refractivity contribution in [1.29, 1.82) is 0 Å². The molecule has 0 radical (unpaired) electrons. The first-order valence-electron chi connectivity index (χ1n) is 6.99. The summed E-state index contributed by atoms with van der Waals surface area (Å²) in [6.07, 6.45) is 5.53.